The maximum atomic E-state index is 4.15. The molecular weight excluding hydrogens is 240 g/mol. The van der Waals surface area contributed by atoms with E-state index < -0.39 is 0 Å². The highest BCUT2D eigenvalue weighted by Gasteiger charge is 2.12. The zero-order chi connectivity index (χ0) is 13.0. The highest BCUT2D eigenvalue weighted by molar-refractivity contribution is 7.09. The maximum Gasteiger partial charge on any atom is 0.0794 e. The molecule has 1 aromatic heterocycles. The third kappa shape index (κ3) is 3.40. The standard InChI is InChI=1S/C15H20N2S/c1-4-17-15(8-14-9-16-10-18-14)13-6-11(2)5-12(3)7-13/h5-7,9-10,15,17H,4,8H2,1-3H3. The topological polar surface area (TPSA) is 24.9 Å². The van der Waals surface area contributed by atoms with Gasteiger partial charge >= 0.3 is 0 Å². The van der Waals surface area contributed by atoms with E-state index in [0.29, 0.717) is 6.04 Å². The summed E-state index contributed by atoms with van der Waals surface area (Å²) in [5.74, 6) is 0. The van der Waals surface area contributed by atoms with E-state index >= 15 is 0 Å². The predicted octanol–water partition coefficient (Wildman–Crippen LogP) is 3.65. The number of nitrogens with one attached hydrogen (secondary N) is 1. The first-order valence-electron chi connectivity index (χ1n) is 6.38. The Morgan fingerprint density at radius 2 is 1.94 bits per heavy atom. The van der Waals surface area contributed by atoms with E-state index in [2.05, 4.69) is 49.3 Å². The van der Waals surface area contributed by atoms with Gasteiger partial charge in [-0.2, -0.15) is 0 Å². The van der Waals surface area contributed by atoms with Crippen LogP contribution in [0.1, 0.15) is 34.5 Å². The molecule has 2 aromatic rings. The van der Waals surface area contributed by atoms with Gasteiger partial charge in [0.15, 0.2) is 0 Å². The normalized spacial score (nSPS) is 12.6. The summed E-state index contributed by atoms with van der Waals surface area (Å²) >= 11 is 1.73. The molecule has 1 unspecified atom stereocenters. The summed E-state index contributed by atoms with van der Waals surface area (Å²) in [5.41, 5.74) is 5.94. The van der Waals surface area contributed by atoms with Crippen molar-refractivity contribution in [3.8, 4) is 0 Å². The Kier molecular flexibility index (Phi) is 4.50. The zero-order valence-electron chi connectivity index (χ0n) is 11.2. The first-order valence-corrected chi connectivity index (χ1v) is 7.26. The molecule has 1 N–H and O–H groups in total. The second-order valence-electron chi connectivity index (χ2n) is 4.70. The first-order chi connectivity index (χ1) is 8.69. The molecule has 96 valence electrons. The Bertz CT molecular complexity index is 471. The van der Waals surface area contributed by atoms with Crippen LogP contribution in [0.15, 0.2) is 29.9 Å². The van der Waals surface area contributed by atoms with Gasteiger partial charge in [-0.15, -0.1) is 11.3 Å². The lowest BCUT2D eigenvalue weighted by molar-refractivity contribution is 0.552. The Balaban J connectivity index is 2.23. The molecule has 0 fully saturated rings. The van der Waals surface area contributed by atoms with Crippen molar-refractivity contribution in [1.82, 2.24) is 10.3 Å². The summed E-state index contributed by atoms with van der Waals surface area (Å²) in [6.07, 6.45) is 2.99. The van der Waals surface area contributed by atoms with Crippen LogP contribution in [0.4, 0.5) is 0 Å². The molecule has 0 saturated carbocycles. The summed E-state index contributed by atoms with van der Waals surface area (Å²) < 4.78 is 0. The molecule has 0 aliphatic heterocycles. The summed E-state index contributed by atoms with van der Waals surface area (Å²) in [6, 6.07) is 7.16. The molecule has 1 atom stereocenters. The van der Waals surface area contributed by atoms with E-state index in [1.165, 1.54) is 21.6 Å². The molecule has 0 amide bonds. The van der Waals surface area contributed by atoms with Crippen LogP contribution >= 0.6 is 11.3 Å². The summed E-state index contributed by atoms with van der Waals surface area (Å²) in [7, 11) is 0. The van der Waals surface area contributed by atoms with Gasteiger partial charge in [0.25, 0.3) is 0 Å². The van der Waals surface area contributed by atoms with Gasteiger partial charge in [0.2, 0.25) is 0 Å². The zero-order valence-corrected chi connectivity index (χ0v) is 12.1. The number of hydrogen-bond donors (Lipinski definition) is 1. The fraction of sp³-hybridized carbons (Fsp3) is 0.400. The number of hydrogen-bond acceptors (Lipinski definition) is 3. The van der Waals surface area contributed by atoms with Gasteiger partial charge in [0.05, 0.1) is 5.51 Å². The van der Waals surface area contributed by atoms with E-state index in [9.17, 15) is 0 Å². The van der Waals surface area contributed by atoms with Gasteiger partial charge in [0, 0.05) is 23.5 Å². The van der Waals surface area contributed by atoms with Gasteiger partial charge in [0.1, 0.15) is 0 Å². The van der Waals surface area contributed by atoms with Crippen LogP contribution in [0.3, 0.4) is 0 Å². The average Bonchev–Trinajstić information content (AvgIpc) is 2.80. The smallest absolute Gasteiger partial charge is 0.0794 e. The molecule has 0 aliphatic carbocycles. The van der Waals surface area contributed by atoms with Gasteiger partial charge in [-0.3, -0.25) is 4.98 Å². The second kappa shape index (κ2) is 6.12. The minimum atomic E-state index is 0.383. The fourth-order valence-corrected chi connectivity index (χ4v) is 2.95. The molecule has 2 nitrogen and oxygen atoms in total. The molecular formula is C15H20N2S. The maximum absolute atomic E-state index is 4.15. The quantitative estimate of drug-likeness (QED) is 0.887. The molecule has 0 bridgehead atoms. The van der Waals surface area contributed by atoms with E-state index in [-0.39, 0.29) is 0 Å². The Morgan fingerprint density at radius 1 is 1.22 bits per heavy atom. The molecule has 1 aromatic carbocycles. The van der Waals surface area contributed by atoms with Crippen molar-refractivity contribution in [2.75, 3.05) is 6.54 Å². The monoisotopic (exact) mass is 260 g/mol. The summed E-state index contributed by atoms with van der Waals surface area (Å²) in [4.78, 5) is 5.49. The van der Waals surface area contributed by atoms with Gasteiger partial charge < -0.3 is 5.32 Å². The third-order valence-corrected chi connectivity index (χ3v) is 3.79. The number of benzene rings is 1. The summed E-state index contributed by atoms with van der Waals surface area (Å²) in [5, 5.41) is 3.57. The lowest BCUT2D eigenvalue weighted by Crippen LogP contribution is -2.22. The van der Waals surface area contributed by atoms with Gasteiger partial charge in [-0.25, -0.2) is 0 Å². The number of likely N-dealkylation sites (N-methyl/N-ethyl adjacent to an activating group) is 1. The largest absolute Gasteiger partial charge is 0.310 e. The number of nitrogens with zero attached hydrogens (tertiary/aromatic N) is 1. The first kappa shape index (κ1) is 13.2. The fourth-order valence-electron chi connectivity index (χ4n) is 2.31. The van der Waals surface area contributed by atoms with E-state index in [1.54, 1.807) is 11.3 Å². The number of aromatic nitrogens is 1. The second-order valence-corrected chi connectivity index (χ2v) is 5.67. The molecule has 0 saturated heterocycles. The third-order valence-electron chi connectivity index (χ3n) is 2.99. The Morgan fingerprint density at radius 3 is 2.50 bits per heavy atom. The van der Waals surface area contributed by atoms with Crippen LogP contribution in [0, 0.1) is 13.8 Å². The van der Waals surface area contributed by atoms with Crippen LogP contribution in [0.5, 0.6) is 0 Å². The number of thiazole rings is 1. The van der Waals surface area contributed by atoms with Crippen molar-refractivity contribution in [3.05, 3.63) is 51.5 Å². The van der Waals surface area contributed by atoms with Crippen molar-refractivity contribution < 1.29 is 0 Å². The van der Waals surface area contributed by atoms with Crippen molar-refractivity contribution >= 4 is 11.3 Å². The summed E-state index contributed by atoms with van der Waals surface area (Å²) in [6.45, 7) is 7.46. The van der Waals surface area contributed by atoms with Crippen molar-refractivity contribution in [1.29, 1.82) is 0 Å². The minimum absolute atomic E-state index is 0.383. The lowest BCUT2D eigenvalue weighted by Gasteiger charge is -2.18. The molecule has 3 heteroatoms. The van der Waals surface area contributed by atoms with Crippen LogP contribution in [-0.2, 0) is 6.42 Å². The number of rotatable bonds is 5. The van der Waals surface area contributed by atoms with Crippen LogP contribution < -0.4 is 5.32 Å². The van der Waals surface area contributed by atoms with Gasteiger partial charge in [-0.1, -0.05) is 36.2 Å². The van der Waals surface area contributed by atoms with Crippen LogP contribution in [-0.4, -0.2) is 11.5 Å². The predicted molar refractivity (Wildman–Crippen MR) is 78.2 cm³/mol. The van der Waals surface area contributed by atoms with Crippen LogP contribution in [0.2, 0.25) is 0 Å². The van der Waals surface area contributed by atoms with Crippen molar-refractivity contribution in [3.63, 3.8) is 0 Å². The van der Waals surface area contributed by atoms with E-state index in [0.717, 1.165) is 13.0 Å². The Labute approximate surface area is 113 Å². The minimum Gasteiger partial charge on any atom is -0.310 e. The Hall–Kier alpha value is -1.19. The highest BCUT2D eigenvalue weighted by Crippen LogP contribution is 2.22. The molecule has 0 radical (unpaired) electrons. The molecule has 2 rings (SSSR count). The van der Waals surface area contributed by atoms with Gasteiger partial charge in [-0.05, 0) is 26.0 Å². The molecule has 1 heterocycles. The van der Waals surface area contributed by atoms with E-state index in [1.807, 2.05) is 11.7 Å². The SMILES string of the molecule is CCNC(Cc1cncs1)c1cc(C)cc(C)c1. The number of aryl methyl sites for hydroxylation is 2. The molecule has 0 aliphatic rings. The average molecular weight is 260 g/mol. The lowest BCUT2D eigenvalue weighted by atomic mass is 9.98. The van der Waals surface area contributed by atoms with Crippen molar-refractivity contribution in [2.45, 2.75) is 33.2 Å². The van der Waals surface area contributed by atoms with Crippen LogP contribution in [0.25, 0.3) is 0 Å². The van der Waals surface area contributed by atoms with Crippen molar-refractivity contribution in [2.24, 2.45) is 0 Å². The van der Waals surface area contributed by atoms with E-state index in [4.69, 9.17) is 0 Å². The highest BCUT2D eigenvalue weighted by atomic mass is 32.1. The molecule has 18 heavy (non-hydrogen) atoms. The molecule has 0 spiro atoms.